The van der Waals surface area contributed by atoms with E-state index in [1.54, 1.807) is 0 Å². The van der Waals surface area contributed by atoms with Gasteiger partial charge in [-0.15, -0.1) is 0 Å². The van der Waals surface area contributed by atoms with E-state index in [2.05, 4.69) is 10.1 Å². The number of amides is 1. The number of carboxylic acid groups (broad SMARTS) is 1. The number of nitrogens with zero attached hydrogens (tertiary/aromatic N) is 1. The number of hydrogen-bond acceptors (Lipinski definition) is 4. The third kappa shape index (κ3) is 4.06. The number of alkyl carbamates (subject to hydrolysis) is 1. The first-order valence-corrected chi connectivity index (χ1v) is 5.26. The summed E-state index contributed by atoms with van der Waals surface area (Å²) in [4.78, 5) is 23.7. The Morgan fingerprint density at radius 3 is 2.75 bits per heavy atom. The summed E-state index contributed by atoms with van der Waals surface area (Å²) in [6.45, 7) is 1.48. The molecule has 0 aromatic carbocycles. The minimum absolute atomic E-state index is 0.0319. The predicted octanol–water partition coefficient (Wildman–Crippen LogP) is 0.137. The van der Waals surface area contributed by atoms with Crippen LogP contribution >= 0.6 is 0 Å². The van der Waals surface area contributed by atoms with Gasteiger partial charge in [-0.2, -0.15) is 0 Å². The van der Waals surface area contributed by atoms with Crippen LogP contribution in [0.4, 0.5) is 4.79 Å². The Morgan fingerprint density at radius 1 is 1.50 bits per heavy atom. The van der Waals surface area contributed by atoms with Gasteiger partial charge in [0.1, 0.15) is 0 Å². The highest BCUT2D eigenvalue weighted by Gasteiger charge is 2.27. The fraction of sp³-hybridized carbons (Fsp3) is 0.800. The number of carbonyl (C=O) groups is 2. The molecule has 2 unspecified atom stereocenters. The lowest BCUT2D eigenvalue weighted by molar-refractivity contribution is -0.138. The highest BCUT2D eigenvalue weighted by atomic mass is 16.5. The Kier molecular flexibility index (Phi) is 4.54. The summed E-state index contributed by atoms with van der Waals surface area (Å²) in [5.74, 6) is -0.712. The van der Waals surface area contributed by atoms with Gasteiger partial charge in [0, 0.05) is 25.6 Å². The summed E-state index contributed by atoms with van der Waals surface area (Å²) in [6, 6.07) is -0.0319. The van der Waals surface area contributed by atoms with Gasteiger partial charge in [-0.3, -0.25) is 4.79 Å². The van der Waals surface area contributed by atoms with E-state index in [0.717, 1.165) is 13.1 Å². The lowest BCUT2D eigenvalue weighted by Crippen LogP contribution is -2.49. The van der Waals surface area contributed by atoms with E-state index in [-0.39, 0.29) is 18.4 Å². The molecule has 1 rings (SSSR count). The molecular formula is C10H18N2O4. The van der Waals surface area contributed by atoms with Crippen LogP contribution < -0.4 is 5.32 Å². The summed E-state index contributed by atoms with van der Waals surface area (Å²) in [5, 5.41) is 11.4. The molecule has 6 nitrogen and oxygen atoms in total. The molecular weight excluding hydrogens is 212 g/mol. The van der Waals surface area contributed by atoms with Crippen LogP contribution in [0.15, 0.2) is 0 Å². The highest BCUT2D eigenvalue weighted by Crippen LogP contribution is 2.19. The Hall–Kier alpha value is -1.30. The second-order valence-electron chi connectivity index (χ2n) is 4.25. The Morgan fingerprint density at radius 2 is 2.19 bits per heavy atom. The Balaban J connectivity index is 2.47. The first-order chi connectivity index (χ1) is 7.51. The van der Waals surface area contributed by atoms with Crippen LogP contribution in [0.1, 0.15) is 12.8 Å². The zero-order chi connectivity index (χ0) is 12.1. The molecule has 0 aliphatic carbocycles. The lowest BCUT2D eigenvalue weighted by atomic mass is 9.92. The molecule has 6 heteroatoms. The normalized spacial score (nSPS) is 26.1. The smallest absolute Gasteiger partial charge is 0.407 e. The van der Waals surface area contributed by atoms with Gasteiger partial charge in [-0.05, 0) is 19.4 Å². The monoisotopic (exact) mass is 230 g/mol. The van der Waals surface area contributed by atoms with E-state index < -0.39 is 12.1 Å². The van der Waals surface area contributed by atoms with Crippen molar-refractivity contribution in [3.63, 3.8) is 0 Å². The highest BCUT2D eigenvalue weighted by molar-refractivity contribution is 5.68. The summed E-state index contributed by atoms with van der Waals surface area (Å²) in [5.41, 5.74) is 0. The largest absolute Gasteiger partial charge is 0.481 e. The molecule has 1 saturated heterocycles. The molecule has 2 atom stereocenters. The van der Waals surface area contributed by atoms with Crippen LogP contribution in [-0.4, -0.2) is 55.4 Å². The molecule has 2 N–H and O–H groups in total. The number of piperidine rings is 1. The number of rotatable bonds is 3. The lowest BCUT2D eigenvalue weighted by Gasteiger charge is -2.35. The zero-order valence-electron chi connectivity index (χ0n) is 9.60. The first-order valence-electron chi connectivity index (χ1n) is 5.26. The van der Waals surface area contributed by atoms with E-state index in [4.69, 9.17) is 5.11 Å². The van der Waals surface area contributed by atoms with E-state index in [0.29, 0.717) is 6.42 Å². The van der Waals surface area contributed by atoms with Crippen LogP contribution in [0.25, 0.3) is 0 Å². The number of aliphatic carboxylic acids is 1. The number of nitrogens with one attached hydrogen (secondary N) is 1. The van der Waals surface area contributed by atoms with Crippen molar-refractivity contribution in [1.29, 1.82) is 0 Å². The minimum Gasteiger partial charge on any atom is -0.481 e. The fourth-order valence-corrected chi connectivity index (χ4v) is 2.17. The molecule has 16 heavy (non-hydrogen) atoms. The van der Waals surface area contributed by atoms with Crippen molar-refractivity contribution in [3.05, 3.63) is 0 Å². The van der Waals surface area contributed by atoms with Gasteiger partial charge in [0.25, 0.3) is 0 Å². The topological polar surface area (TPSA) is 78.9 Å². The number of hydrogen-bond donors (Lipinski definition) is 2. The van der Waals surface area contributed by atoms with Crippen molar-refractivity contribution >= 4 is 12.1 Å². The van der Waals surface area contributed by atoms with Crippen LogP contribution in [0, 0.1) is 5.92 Å². The number of likely N-dealkylation sites (tertiary alicyclic amines) is 1. The number of likely N-dealkylation sites (N-methyl/N-ethyl adjacent to an activating group) is 1. The second-order valence-corrected chi connectivity index (χ2v) is 4.25. The van der Waals surface area contributed by atoms with Crippen LogP contribution in [0.5, 0.6) is 0 Å². The van der Waals surface area contributed by atoms with Crippen molar-refractivity contribution in [2.75, 3.05) is 27.2 Å². The van der Waals surface area contributed by atoms with Gasteiger partial charge in [-0.1, -0.05) is 0 Å². The van der Waals surface area contributed by atoms with Crippen molar-refractivity contribution in [2.24, 2.45) is 5.92 Å². The number of carboxylic acids is 1. The van der Waals surface area contributed by atoms with Crippen LogP contribution in [-0.2, 0) is 9.53 Å². The molecule has 0 radical (unpaired) electrons. The molecule has 0 aromatic rings. The Bertz CT molecular complexity index is 270. The summed E-state index contributed by atoms with van der Waals surface area (Å²) >= 11 is 0. The molecule has 0 spiro atoms. The summed E-state index contributed by atoms with van der Waals surface area (Å²) in [6.07, 6.45) is 0.365. The van der Waals surface area contributed by atoms with Gasteiger partial charge < -0.3 is 20.1 Å². The number of methoxy groups -OCH3 is 1. The third-order valence-electron chi connectivity index (χ3n) is 2.69. The quantitative estimate of drug-likeness (QED) is 0.721. The SMILES string of the molecule is COC(=O)NC1CC(CC(=O)O)CN(C)C1. The molecule has 1 heterocycles. The van der Waals surface area contributed by atoms with Crippen molar-refractivity contribution in [2.45, 2.75) is 18.9 Å². The van der Waals surface area contributed by atoms with Crippen LogP contribution in [0.3, 0.4) is 0 Å². The number of ether oxygens (including phenoxy) is 1. The van der Waals surface area contributed by atoms with Gasteiger partial charge in [0.2, 0.25) is 0 Å². The molecule has 0 saturated carbocycles. The van der Waals surface area contributed by atoms with Gasteiger partial charge >= 0.3 is 12.1 Å². The van der Waals surface area contributed by atoms with Crippen molar-refractivity contribution < 1.29 is 19.4 Å². The standard InChI is InChI=1S/C10H18N2O4/c1-12-5-7(4-9(13)14)3-8(6-12)11-10(15)16-2/h7-8H,3-6H2,1-2H3,(H,11,15)(H,13,14). The number of carbonyl (C=O) groups excluding carboxylic acids is 1. The average Bonchev–Trinajstić information content (AvgIpc) is 2.15. The summed E-state index contributed by atoms with van der Waals surface area (Å²) in [7, 11) is 3.23. The minimum atomic E-state index is -0.794. The predicted molar refractivity (Wildman–Crippen MR) is 57.2 cm³/mol. The summed E-state index contributed by atoms with van der Waals surface area (Å²) < 4.78 is 4.52. The Labute approximate surface area is 94.6 Å². The molecule has 92 valence electrons. The third-order valence-corrected chi connectivity index (χ3v) is 2.69. The maximum Gasteiger partial charge on any atom is 0.407 e. The molecule has 1 fully saturated rings. The molecule has 1 aliphatic heterocycles. The molecule has 0 aromatic heterocycles. The van der Waals surface area contributed by atoms with E-state index in [1.807, 2.05) is 11.9 Å². The van der Waals surface area contributed by atoms with Crippen molar-refractivity contribution in [3.8, 4) is 0 Å². The second kappa shape index (κ2) is 5.69. The van der Waals surface area contributed by atoms with E-state index >= 15 is 0 Å². The maximum atomic E-state index is 11.0. The molecule has 1 amide bonds. The van der Waals surface area contributed by atoms with Crippen molar-refractivity contribution in [1.82, 2.24) is 10.2 Å². The van der Waals surface area contributed by atoms with E-state index in [9.17, 15) is 9.59 Å². The van der Waals surface area contributed by atoms with Gasteiger partial charge in [0.05, 0.1) is 7.11 Å². The van der Waals surface area contributed by atoms with Gasteiger partial charge in [0.15, 0.2) is 0 Å². The fourth-order valence-electron chi connectivity index (χ4n) is 2.17. The molecule has 0 bridgehead atoms. The van der Waals surface area contributed by atoms with E-state index in [1.165, 1.54) is 7.11 Å². The average molecular weight is 230 g/mol. The molecule has 1 aliphatic rings. The van der Waals surface area contributed by atoms with Gasteiger partial charge in [-0.25, -0.2) is 4.79 Å². The first kappa shape index (κ1) is 12.8. The zero-order valence-corrected chi connectivity index (χ0v) is 9.60. The van der Waals surface area contributed by atoms with Crippen LogP contribution in [0.2, 0.25) is 0 Å². The maximum absolute atomic E-state index is 11.0.